The molecule has 2 saturated carbocycles. The fourth-order valence-corrected chi connectivity index (χ4v) is 5.04. The lowest BCUT2D eigenvalue weighted by Crippen LogP contribution is -2.40. The molecule has 0 aliphatic heterocycles. The molecule has 2 aromatic rings. The van der Waals surface area contributed by atoms with Crippen LogP contribution in [0.4, 0.5) is 0 Å². The van der Waals surface area contributed by atoms with Gasteiger partial charge in [0.1, 0.15) is 0 Å². The molecule has 2 aliphatic rings. The van der Waals surface area contributed by atoms with Gasteiger partial charge in [-0.3, -0.25) is 4.79 Å². The third-order valence-electron chi connectivity index (χ3n) is 6.19. The largest absolute Gasteiger partial charge is 0.358 e. The van der Waals surface area contributed by atoms with Crippen molar-refractivity contribution >= 4 is 16.8 Å². The average molecular weight is 310 g/mol. The maximum atomic E-state index is 12.6. The fraction of sp³-hybridized carbons (Fsp3) is 0.550. The summed E-state index contributed by atoms with van der Waals surface area (Å²) in [6.45, 7) is 4.26. The van der Waals surface area contributed by atoms with E-state index < -0.39 is 0 Å². The second kappa shape index (κ2) is 5.70. The summed E-state index contributed by atoms with van der Waals surface area (Å²) in [7, 11) is 0. The van der Waals surface area contributed by atoms with Gasteiger partial charge in [-0.25, -0.2) is 0 Å². The molecule has 2 bridgehead atoms. The Hall–Kier alpha value is -1.77. The lowest BCUT2D eigenvalue weighted by atomic mass is 9.84. The summed E-state index contributed by atoms with van der Waals surface area (Å²) in [4.78, 5) is 15.9. The van der Waals surface area contributed by atoms with Crippen LogP contribution in [0.5, 0.6) is 0 Å². The van der Waals surface area contributed by atoms with E-state index in [0.29, 0.717) is 18.4 Å². The van der Waals surface area contributed by atoms with E-state index in [4.69, 9.17) is 0 Å². The smallest absolute Gasteiger partial charge is 0.224 e. The number of aromatic nitrogens is 1. The minimum atomic E-state index is 0.160. The quantitative estimate of drug-likeness (QED) is 0.882. The summed E-state index contributed by atoms with van der Waals surface area (Å²) >= 11 is 0. The molecule has 2 N–H and O–H groups in total. The molecule has 0 spiro atoms. The molecule has 1 aromatic heterocycles. The molecule has 2 aliphatic carbocycles. The number of rotatable bonds is 4. The predicted molar refractivity (Wildman–Crippen MR) is 93.3 cm³/mol. The van der Waals surface area contributed by atoms with Gasteiger partial charge in [-0.05, 0) is 62.5 Å². The molecule has 4 atom stereocenters. The maximum Gasteiger partial charge on any atom is 0.224 e. The van der Waals surface area contributed by atoms with E-state index in [2.05, 4.69) is 36.3 Å². The molecule has 3 nitrogen and oxygen atoms in total. The van der Waals surface area contributed by atoms with Crippen LogP contribution in [0.15, 0.2) is 24.3 Å². The number of hydrogen-bond donors (Lipinski definition) is 2. The van der Waals surface area contributed by atoms with Crippen molar-refractivity contribution in [2.45, 2.75) is 52.0 Å². The van der Waals surface area contributed by atoms with Crippen LogP contribution in [-0.2, 0) is 11.2 Å². The maximum absolute atomic E-state index is 12.6. The average Bonchev–Trinajstić information content (AvgIpc) is 3.22. The predicted octanol–water partition coefficient (Wildman–Crippen LogP) is 3.96. The summed E-state index contributed by atoms with van der Waals surface area (Å²) in [5, 5.41) is 4.46. The second-order valence-electron chi connectivity index (χ2n) is 7.65. The van der Waals surface area contributed by atoms with Crippen molar-refractivity contribution in [1.82, 2.24) is 10.3 Å². The van der Waals surface area contributed by atoms with Crippen LogP contribution in [0.25, 0.3) is 10.9 Å². The number of aromatic amines is 1. The van der Waals surface area contributed by atoms with E-state index in [1.807, 2.05) is 12.1 Å². The van der Waals surface area contributed by atoms with Gasteiger partial charge in [-0.1, -0.05) is 24.6 Å². The lowest BCUT2D eigenvalue weighted by Gasteiger charge is -2.28. The standard InChI is InChI=1S/C20H26N2O/c1-12(17-10-14-7-8-15(17)9-14)22-20(23)11-18-13(2)21-19-6-4-3-5-16(18)19/h3-6,12,14-15,17,21H,7-11H2,1-2H3,(H,22,23). The number of carbonyl (C=O) groups excluding carboxylic acids is 1. The highest BCUT2D eigenvalue weighted by atomic mass is 16.1. The summed E-state index contributed by atoms with van der Waals surface area (Å²) in [6.07, 6.45) is 5.97. The zero-order valence-electron chi connectivity index (χ0n) is 14.1. The molecule has 1 aromatic carbocycles. The van der Waals surface area contributed by atoms with E-state index in [1.165, 1.54) is 31.1 Å². The number of carbonyl (C=O) groups is 1. The Kier molecular flexibility index (Phi) is 3.67. The summed E-state index contributed by atoms with van der Waals surface area (Å²) < 4.78 is 0. The first-order chi connectivity index (χ1) is 11.1. The van der Waals surface area contributed by atoms with Crippen LogP contribution in [0.2, 0.25) is 0 Å². The number of benzene rings is 1. The third-order valence-corrected chi connectivity index (χ3v) is 6.19. The van der Waals surface area contributed by atoms with Gasteiger partial charge in [0.25, 0.3) is 0 Å². The fourth-order valence-electron chi connectivity index (χ4n) is 5.04. The Balaban J connectivity index is 1.44. The Bertz CT molecular complexity index is 732. The number of nitrogens with one attached hydrogen (secondary N) is 2. The van der Waals surface area contributed by atoms with E-state index in [-0.39, 0.29) is 5.91 Å². The SMILES string of the molecule is Cc1[nH]c2ccccc2c1CC(=O)NC(C)C1CC2CCC1C2. The first-order valence-electron chi connectivity index (χ1n) is 8.97. The molecule has 2 fully saturated rings. The van der Waals surface area contributed by atoms with E-state index in [9.17, 15) is 4.79 Å². The highest BCUT2D eigenvalue weighted by Gasteiger charge is 2.42. The van der Waals surface area contributed by atoms with Crippen LogP contribution < -0.4 is 5.32 Å². The number of amides is 1. The Morgan fingerprint density at radius 1 is 1.30 bits per heavy atom. The van der Waals surface area contributed by atoms with Gasteiger partial charge in [-0.2, -0.15) is 0 Å². The zero-order chi connectivity index (χ0) is 16.0. The second-order valence-corrected chi connectivity index (χ2v) is 7.65. The highest BCUT2D eigenvalue weighted by Crippen LogP contribution is 2.49. The van der Waals surface area contributed by atoms with Crippen molar-refractivity contribution in [2.75, 3.05) is 0 Å². The number of H-pyrrole nitrogens is 1. The Labute approximate surface area is 137 Å². The van der Waals surface area contributed by atoms with Crippen molar-refractivity contribution in [3.05, 3.63) is 35.5 Å². The van der Waals surface area contributed by atoms with E-state index in [1.54, 1.807) is 0 Å². The number of aryl methyl sites for hydroxylation is 1. The minimum Gasteiger partial charge on any atom is -0.358 e. The summed E-state index contributed by atoms with van der Waals surface area (Å²) in [5.74, 6) is 2.64. The number of para-hydroxylation sites is 1. The minimum absolute atomic E-state index is 0.160. The Morgan fingerprint density at radius 2 is 2.13 bits per heavy atom. The van der Waals surface area contributed by atoms with Crippen molar-refractivity contribution < 1.29 is 4.79 Å². The van der Waals surface area contributed by atoms with Crippen LogP contribution in [0, 0.1) is 24.7 Å². The normalized spacial score (nSPS) is 27.5. The van der Waals surface area contributed by atoms with Gasteiger partial charge in [0, 0.05) is 22.6 Å². The first-order valence-corrected chi connectivity index (χ1v) is 8.97. The van der Waals surface area contributed by atoms with Crippen molar-refractivity contribution in [2.24, 2.45) is 17.8 Å². The molecule has 0 radical (unpaired) electrons. The molecule has 4 rings (SSSR count). The third kappa shape index (κ3) is 2.66. The van der Waals surface area contributed by atoms with Crippen LogP contribution >= 0.6 is 0 Å². The summed E-state index contributed by atoms with van der Waals surface area (Å²) in [5.41, 5.74) is 3.36. The van der Waals surface area contributed by atoms with Crippen LogP contribution in [-0.4, -0.2) is 16.9 Å². The van der Waals surface area contributed by atoms with Crippen molar-refractivity contribution in [3.8, 4) is 0 Å². The van der Waals surface area contributed by atoms with Crippen molar-refractivity contribution in [1.29, 1.82) is 0 Å². The lowest BCUT2D eigenvalue weighted by molar-refractivity contribution is -0.121. The molecule has 4 unspecified atom stereocenters. The molecule has 23 heavy (non-hydrogen) atoms. The zero-order valence-corrected chi connectivity index (χ0v) is 14.1. The molecular weight excluding hydrogens is 284 g/mol. The molecule has 1 amide bonds. The van der Waals surface area contributed by atoms with Gasteiger partial charge in [-0.15, -0.1) is 0 Å². The van der Waals surface area contributed by atoms with Crippen LogP contribution in [0.3, 0.4) is 0 Å². The molecular formula is C20H26N2O. The van der Waals surface area contributed by atoms with Gasteiger partial charge in [0.2, 0.25) is 5.91 Å². The molecule has 3 heteroatoms. The molecule has 122 valence electrons. The van der Waals surface area contributed by atoms with Crippen LogP contribution in [0.1, 0.15) is 43.9 Å². The molecule has 0 saturated heterocycles. The summed E-state index contributed by atoms with van der Waals surface area (Å²) in [6, 6.07) is 8.54. The van der Waals surface area contributed by atoms with Gasteiger partial charge in [0.15, 0.2) is 0 Å². The van der Waals surface area contributed by atoms with Crippen molar-refractivity contribution in [3.63, 3.8) is 0 Å². The highest BCUT2D eigenvalue weighted by molar-refractivity contribution is 5.90. The topological polar surface area (TPSA) is 44.9 Å². The van der Waals surface area contributed by atoms with Gasteiger partial charge >= 0.3 is 0 Å². The van der Waals surface area contributed by atoms with Gasteiger partial charge in [0.05, 0.1) is 6.42 Å². The van der Waals surface area contributed by atoms with E-state index >= 15 is 0 Å². The first kappa shape index (κ1) is 14.8. The number of fused-ring (bicyclic) bond motifs is 3. The van der Waals surface area contributed by atoms with Gasteiger partial charge < -0.3 is 10.3 Å². The Morgan fingerprint density at radius 3 is 2.87 bits per heavy atom. The number of hydrogen-bond acceptors (Lipinski definition) is 1. The molecule has 1 heterocycles. The monoisotopic (exact) mass is 310 g/mol. The van der Waals surface area contributed by atoms with E-state index in [0.717, 1.165) is 28.6 Å².